The van der Waals surface area contributed by atoms with Gasteiger partial charge < -0.3 is 5.32 Å². The second-order valence-electron chi connectivity index (χ2n) is 7.22. The van der Waals surface area contributed by atoms with Crippen molar-refractivity contribution in [3.63, 3.8) is 0 Å². The van der Waals surface area contributed by atoms with E-state index in [4.69, 9.17) is 11.6 Å². The van der Waals surface area contributed by atoms with Gasteiger partial charge in [0.2, 0.25) is 0 Å². The molecule has 0 aromatic heterocycles. The Labute approximate surface area is 126 Å². The Hall–Kier alpha value is -0.600. The summed E-state index contributed by atoms with van der Waals surface area (Å²) in [5, 5.41) is 4.20. The summed E-state index contributed by atoms with van der Waals surface area (Å²) in [6.45, 7) is 7.59. The van der Waals surface area contributed by atoms with E-state index in [0.717, 1.165) is 18.5 Å². The molecule has 1 saturated carbocycles. The van der Waals surface area contributed by atoms with Gasteiger partial charge in [-0.1, -0.05) is 30.5 Å². The van der Waals surface area contributed by atoms with E-state index < -0.39 is 0 Å². The van der Waals surface area contributed by atoms with Crippen molar-refractivity contribution < 1.29 is 4.39 Å². The van der Waals surface area contributed by atoms with Crippen LogP contribution in [0, 0.1) is 11.2 Å². The van der Waals surface area contributed by atoms with Crippen LogP contribution in [-0.2, 0) is 6.42 Å². The zero-order chi connectivity index (χ0) is 14.8. The van der Waals surface area contributed by atoms with Gasteiger partial charge in [-0.05, 0) is 63.1 Å². The molecule has 20 heavy (non-hydrogen) atoms. The first-order chi connectivity index (χ1) is 9.30. The first-order valence-corrected chi connectivity index (χ1v) is 7.87. The summed E-state index contributed by atoms with van der Waals surface area (Å²) in [5.41, 5.74) is 1.47. The minimum atomic E-state index is -0.257. The lowest BCUT2D eigenvalue weighted by atomic mass is 9.79. The van der Waals surface area contributed by atoms with Crippen molar-refractivity contribution in [2.75, 3.05) is 6.54 Å². The van der Waals surface area contributed by atoms with E-state index in [-0.39, 0.29) is 16.8 Å². The third kappa shape index (κ3) is 4.20. The molecule has 1 aromatic rings. The van der Waals surface area contributed by atoms with Crippen molar-refractivity contribution >= 4 is 11.6 Å². The van der Waals surface area contributed by atoms with Crippen LogP contribution in [0.25, 0.3) is 0 Å². The molecule has 1 aliphatic rings. The third-order valence-corrected chi connectivity index (χ3v) is 4.59. The number of hydrogen-bond acceptors (Lipinski definition) is 1. The lowest BCUT2D eigenvalue weighted by Crippen LogP contribution is -2.44. The van der Waals surface area contributed by atoms with Crippen LogP contribution in [0.2, 0.25) is 5.02 Å². The Kier molecular flexibility index (Phi) is 4.76. The van der Waals surface area contributed by atoms with E-state index >= 15 is 0 Å². The summed E-state index contributed by atoms with van der Waals surface area (Å²) in [6, 6.07) is 4.78. The molecule has 0 heterocycles. The standard InChI is InChI=1S/C17H25ClFN/c1-16(2,3)20-12-17(8-4-5-9-17)11-13-6-7-14(19)10-15(13)18/h6-7,10,20H,4-5,8-9,11-12H2,1-3H3. The van der Waals surface area contributed by atoms with E-state index in [0.29, 0.717) is 5.02 Å². The predicted molar refractivity (Wildman–Crippen MR) is 83.8 cm³/mol. The van der Waals surface area contributed by atoms with Crippen molar-refractivity contribution in [2.45, 2.75) is 58.4 Å². The largest absolute Gasteiger partial charge is 0.312 e. The molecule has 0 unspecified atom stereocenters. The second-order valence-corrected chi connectivity index (χ2v) is 7.63. The number of benzene rings is 1. The molecule has 0 amide bonds. The molecule has 1 aromatic carbocycles. The van der Waals surface area contributed by atoms with Crippen molar-refractivity contribution in [1.29, 1.82) is 0 Å². The van der Waals surface area contributed by atoms with Crippen LogP contribution >= 0.6 is 11.6 Å². The molecule has 2 rings (SSSR count). The van der Waals surface area contributed by atoms with Crippen LogP contribution in [0.1, 0.15) is 52.0 Å². The summed E-state index contributed by atoms with van der Waals surface area (Å²) in [4.78, 5) is 0. The van der Waals surface area contributed by atoms with Gasteiger partial charge in [0.15, 0.2) is 0 Å². The van der Waals surface area contributed by atoms with Gasteiger partial charge in [0.25, 0.3) is 0 Å². The second kappa shape index (κ2) is 6.03. The van der Waals surface area contributed by atoms with Crippen LogP contribution in [0.3, 0.4) is 0 Å². The Bertz CT molecular complexity index is 459. The normalized spacial score (nSPS) is 18.4. The molecule has 1 nitrogen and oxygen atoms in total. The first kappa shape index (κ1) is 15.8. The minimum absolute atomic E-state index is 0.127. The van der Waals surface area contributed by atoms with Crippen LogP contribution in [-0.4, -0.2) is 12.1 Å². The van der Waals surface area contributed by atoms with Gasteiger partial charge in [0, 0.05) is 17.1 Å². The molecule has 1 N–H and O–H groups in total. The molecule has 112 valence electrons. The average molecular weight is 298 g/mol. The molecule has 0 bridgehead atoms. The summed E-state index contributed by atoms with van der Waals surface area (Å²) < 4.78 is 13.2. The number of hydrogen-bond donors (Lipinski definition) is 1. The van der Waals surface area contributed by atoms with E-state index in [1.165, 1.54) is 37.8 Å². The van der Waals surface area contributed by atoms with Crippen molar-refractivity contribution in [3.05, 3.63) is 34.6 Å². The quantitative estimate of drug-likeness (QED) is 0.827. The SMILES string of the molecule is CC(C)(C)NCC1(Cc2ccc(F)cc2Cl)CCCC1. The maximum absolute atomic E-state index is 13.2. The fourth-order valence-corrected chi connectivity index (χ4v) is 3.30. The predicted octanol–water partition coefficient (Wildman–Crippen LogP) is 4.97. The van der Waals surface area contributed by atoms with Crippen molar-refractivity contribution in [3.8, 4) is 0 Å². The highest BCUT2D eigenvalue weighted by Crippen LogP contribution is 2.42. The highest BCUT2D eigenvalue weighted by atomic mass is 35.5. The van der Waals surface area contributed by atoms with Gasteiger partial charge in [0.1, 0.15) is 5.82 Å². The topological polar surface area (TPSA) is 12.0 Å². The monoisotopic (exact) mass is 297 g/mol. The summed E-state index contributed by atoms with van der Waals surface area (Å²) in [6.07, 6.45) is 5.96. The lowest BCUT2D eigenvalue weighted by molar-refractivity contribution is 0.245. The minimum Gasteiger partial charge on any atom is -0.312 e. The van der Waals surface area contributed by atoms with Gasteiger partial charge in [-0.3, -0.25) is 0 Å². The maximum atomic E-state index is 13.2. The summed E-state index contributed by atoms with van der Waals surface area (Å²) >= 11 is 6.20. The summed E-state index contributed by atoms with van der Waals surface area (Å²) in [7, 11) is 0. The molecular formula is C17H25ClFN. The van der Waals surface area contributed by atoms with Gasteiger partial charge in [0.05, 0.1) is 0 Å². The lowest BCUT2D eigenvalue weighted by Gasteiger charge is -2.34. The van der Waals surface area contributed by atoms with Gasteiger partial charge in [-0.15, -0.1) is 0 Å². The highest BCUT2D eigenvalue weighted by molar-refractivity contribution is 6.31. The molecule has 0 atom stereocenters. The zero-order valence-electron chi connectivity index (χ0n) is 12.7. The zero-order valence-corrected chi connectivity index (χ0v) is 13.5. The average Bonchev–Trinajstić information content (AvgIpc) is 2.79. The van der Waals surface area contributed by atoms with Crippen LogP contribution < -0.4 is 5.32 Å². The van der Waals surface area contributed by atoms with Gasteiger partial charge in [-0.25, -0.2) is 4.39 Å². The van der Waals surface area contributed by atoms with E-state index in [2.05, 4.69) is 26.1 Å². The van der Waals surface area contributed by atoms with E-state index in [1.54, 1.807) is 0 Å². The molecule has 1 aliphatic carbocycles. The Morgan fingerprint density at radius 1 is 1.25 bits per heavy atom. The molecule has 0 saturated heterocycles. The summed E-state index contributed by atoms with van der Waals surface area (Å²) in [5.74, 6) is -0.257. The molecular weight excluding hydrogens is 273 g/mol. The third-order valence-electron chi connectivity index (χ3n) is 4.24. The van der Waals surface area contributed by atoms with Crippen LogP contribution in [0.4, 0.5) is 4.39 Å². The number of nitrogens with one attached hydrogen (secondary N) is 1. The number of halogens is 2. The molecule has 1 fully saturated rings. The van der Waals surface area contributed by atoms with Crippen molar-refractivity contribution in [2.24, 2.45) is 5.41 Å². The Morgan fingerprint density at radius 2 is 1.90 bits per heavy atom. The molecule has 0 radical (unpaired) electrons. The molecule has 3 heteroatoms. The molecule has 0 spiro atoms. The van der Waals surface area contributed by atoms with Gasteiger partial charge in [-0.2, -0.15) is 0 Å². The smallest absolute Gasteiger partial charge is 0.124 e. The molecule has 0 aliphatic heterocycles. The fourth-order valence-electron chi connectivity index (χ4n) is 3.06. The highest BCUT2D eigenvalue weighted by Gasteiger charge is 2.35. The Balaban J connectivity index is 2.12. The first-order valence-electron chi connectivity index (χ1n) is 7.49. The van der Waals surface area contributed by atoms with Crippen LogP contribution in [0.5, 0.6) is 0 Å². The van der Waals surface area contributed by atoms with Gasteiger partial charge >= 0.3 is 0 Å². The van der Waals surface area contributed by atoms with E-state index in [9.17, 15) is 4.39 Å². The Morgan fingerprint density at radius 3 is 2.45 bits per heavy atom. The maximum Gasteiger partial charge on any atom is 0.124 e. The van der Waals surface area contributed by atoms with Crippen LogP contribution in [0.15, 0.2) is 18.2 Å². The van der Waals surface area contributed by atoms with Crippen molar-refractivity contribution in [1.82, 2.24) is 5.32 Å². The number of rotatable bonds is 4. The fraction of sp³-hybridized carbons (Fsp3) is 0.647. The van der Waals surface area contributed by atoms with E-state index in [1.807, 2.05) is 6.07 Å².